The number of hydrazine groups is 1. The molecular formula is C85H139N17O12. The molecule has 1 aliphatic rings. The Labute approximate surface area is 676 Å². The molecule has 17 N–H and O–H groups in total. The van der Waals surface area contributed by atoms with Crippen LogP contribution in [0, 0.1) is 0 Å². The molecular weight excluding hydrogens is 1450 g/mol. The number of hydrogen-bond donors (Lipinski definition) is 15. The summed E-state index contributed by atoms with van der Waals surface area (Å²) in [5, 5.41) is 29.9. The number of imidazole rings is 1. The molecule has 1 aliphatic heterocycles. The van der Waals surface area contributed by atoms with Crippen molar-refractivity contribution in [2.75, 3.05) is 39.3 Å². The first kappa shape index (κ1) is 95.8. The molecule has 0 saturated carbocycles. The molecule has 4 aromatic rings. The van der Waals surface area contributed by atoms with Gasteiger partial charge in [0.1, 0.15) is 36.3 Å². The van der Waals surface area contributed by atoms with E-state index in [9.17, 15) is 52.7 Å². The lowest BCUT2D eigenvalue weighted by Gasteiger charge is -2.27. The Morgan fingerprint density at radius 3 is 1.46 bits per heavy atom. The number of carbonyl (C=O) groups is 11. The third kappa shape index (κ3) is 39.5. The van der Waals surface area contributed by atoms with E-state index < -0.39 is 108 Å². The molecule has 1 saturated heterocycles. The second-order valence-electron chi connectivity index (χ2n) is 30.6. The van der Waals surface area contributed by atoms with E-state index in [4.69, 9.17) is 16.2 Å². The smallest absolute Gasteiger partial charge is 0.265 e. The van der Waals surface area contributed by atoms with Crippen molar-refractivity contribution in [2.24, 2.45) is 11.5 Å². The average molecular weight is 1590 g/mol. The molecule has 636 valence electrons. The number of nitrogens with zero attached hydrogens (tertiary/aromatic N) is 2. The van der Waals surface area contributed by atoms with Gasteiger partial charge < -0.3 is 79.3 Å². The van der Waals surface area contributed by atoms with E-state index in [1.165, 1.54) is 148 Å². The maximum absolute atomic E-state index is 14.7. The SMILES string of the molecule is CCCCCCCCCCCCCCCC(=O)NCCCNC(=O)C1NN(CC(=O)N[C@@H](CCCC)C(=O)N[C@@H](C)C(=O)N[C@@H](Cc2cnc[nH]2)C(=O)N[C@H](Cc2ccccc2)C(=O)N[C@@H](CCCCN)C(=O)N[C@@H](Cc2c[nH]c3ccccc23)C(N)=O)C(C(=O)NCCCNC(=O)CCCCCCCCCCCCCCC)O1. The lowest BCUT2D eigenvalue weighted by atomic mass is 10.0. The highest BCUT2D eigenvalue weighted by Crippen LogP contribution is 2.21. The van der Waals surface area contributed by atoms with Crippen molar-refractivity contribution < 1.29 is 57.5 Å². The van der Waals surface area contributed by atoms with Gasteiger partial charge in [0.15, 0.2) is 0 Å². The van der Waals surface area contributed by atoms with Crippen molar-refractivity contribution in [1.82, 2.24) is 78.6 Å². The van der Waals surface area contributed by atoms with Crippen molar-refractivity contribution in [2.45, 2.75) is 327 Å². The van der Waals surface area contributed by atoms with Crippen LogP contribution in [-0.2, 0) is 76.7 Å². The summed E-state index contributed by atoms with van der Waals surface area (Å²) in [6.07, 6.45) is 36.8. The first-order valence-corrected chi connectivity index (χ1v) is 43.0. The summed E-state index contributed by atoms with van der Waals surface area (Å²) in [5.41, 5.74) is 17.2. The van der Waals surface area contributed by atoms with Crippen LogP contribution in [0.4, 0.5) is 0 Å². The number of nitrogens with two attached hydrogens (primary N) is 2. The van der Waals surface area contributed by atoms with E-state index >= 15 is 0 Å². The van der Waals surface area contributed by atoms with E-state index in [-0.39, 0.29) is 57.0 Å². The highest BCUT2D eigenvalue weighted by atomic mass is 16.6. The Morgan fingerprint density at radius 1 is 0.456 bits per heavy atom. The minimum atomic E-state index is -1.51. The fourth-order valence-electron chi connectivity index (χ4n) is 13.9. The topological polar surface area (TPSA) is 429 Å². The van der Waals surface area contributed by atoms with Crippen LogP contribution in [0.15, 0.2) is 73.3 Å². The summed E-state index contributed by atoms with van der Waals surface area (Å²) < 4.78 is 5.99. The van der Waals surface area contributed by atoms with Crippen LogP contribution in [0.1, 0.15) is 276 Å². The van der Waals surface area contributed by atoms with Gasteiger partial charge >= 0.3 is 0 Å². The van der Waals surface area contributed by atoms with Crippen molar-refractivity contribution in [3.63, 3.8) is 0 Å². The van der Waals surface area contributed by atoms with Crippen molar-refractivity contribution in [1.29, 1.82) is 0 Å². The number of ether oxygens (including phenoxy) is 1. The second kappa shape index (κ2) is 58.1. The zero-order chi connectivity index (χ0) is 82.3. The summed E-state index contributed by atoms with van der Waals surface area (Å²) in [7, 11) is 0. The molecule has 0 bridgehead atoms. The van der Waals surface area contributed by atoms with Gasteiger partial charge in [0.05, 0.1) is 12.9 Å². The third-order valence-electron chi connectivity index (χ3n) is 20.7. The minimum absolute atomic E-state index is 0.0543. The highest BCUT2D eigenvalue weighted by Gasteiger charge is 2.42. The Hall–Kier alpha value is -8.80. The van der Waals surface area contributed by atoms with Gasteiger partial charge in [-0.1, -0.05) is 236 Å². The van der Waals surface area contributed by atoms with E-state index in [1.807, 2.05) is 31.2 Å². The Bertz CT molecular complexity index is 3430. The number of primary amides is 1. The lowest BCUT2D eigenvalue weighted by Crippen LogP contribution is -2.60. The maximum Gasteiger partial charge on any atom is 0.265 e. The molecule has 2 aromatic heterocycles. The largest absolute Gasteiger partial charge is 0.368 e. The number of unbranched alkanes of at least 4 members (excludes halogenated alkanes) is 26. The number of rotatable bonds is 65. The normalized spacial score (nSPS) is 15.0. The molecule has 8 atom stereocenters. The standard InChI is InChI=1S/C85H139N17O12/c1-5-8-11-13-15-17-19-21-23-25-27-29-34-48-73(103)89-51-40-53-91-82(112)84-101-102(85(114-84)83(113)92-54-41-52-90-74(104)49-35-30-28-26-24-22-20-18-16-14-12-9-6-2)60-75(105)96-68(45-10-7-3)78(108)95-62(4)77(107)99-72(57-65-59-88-61-94-65)81(111)100-71(55-63-42-32-31-33-43-63)80(110)97-69(47-38-39-50-86)79(109)98-70(76(87)106)56-64-58-93-67-46-37-36-44-66(64)67/h31-33,36-37,42-44,46,58-59,61-62,68-72,84-85,93,101H,5-30,34-35,38-41,45,47-57,60,86H2,1-4H3,(H2,87,106)(H,88,94)(H,89,103)(H,90,104)(H,91,112)(H,92,113)(H,95,108)(H,96,105)(H,97,110)(H,98,109)(H,99,107)(H,100,111)/t62-,68-,69-,70-,71+,72-,84?,85?/m0/s1. The van der Waals surface area contributed by atoms with E-state index in [0.29, 0.717) is 82.3 Å². The molecule has 0 spiro atoms. The number of aromatic nitrogens is 3. The molecule has 29 nitrogen and oxygen atoms in total. The van der Waals surface area contributed by atoms with Gasteiger partial charge in [0, 0.05) is 87.3 Å². The zero-order valence-electron chi connectivity index (χ0n) is 68.8. The molecule has 0 aliphatic carbocycles. The van der Waals surface area contributed by atoms with Crippen LogP contribution in [0.25, 0.3) is 10.9 Å². The van der Waals surface area contributed by atoms with Crippen LogP contribution >= 0.6 is 0 Å². The molecule has 0 radical (unpaired) electrons. The number of hydrogen-bond acceptors (Lipinski definition) is 16. The fourth-order valence-corrected chi connectivity index (χ4v) is 13.9. The number of amides is 11. The van der Waals surface area contributed by atoms with Gasteiger partial charge in [-0.25, -0.2) is 10.4 Å². The van der Waals surface area contributed by atoms with Crippen molar-refractivity contribution >= 4 is 75.9 Å². The third-order valence-corrected chi connectivity index (χ3v) is 20.7. The van der Waals surface area contributed by atoms with Gasteiger partial charge in [0.2, 0.25) is 65.6 Å². The fraction of sp³-hybridized carbons (Fsp3) is 0.671. The molecule has 114 heavy (non-hydrogen) atoms. The Morgan fingerprint density at radius 2 is 0.921 bits per heavy atom. The monoisotopic (exact) mass is 1590 g/mol. The number of para-hydroxylation sites is 1. The van der Waals surface area contributed by atoms with Crippen LogP contribution in [-0.4, -0.2) is 173 Å². The first-order chi connectivity index (χ1) is 55.3. The number of H-pyrrole nitrogens is 2. The number of benzene rings is 2. The average Bonchev–Trinajstić information content (AvgIpc) is 1.68. The number of fused-ring (bicyclic) bond motifs is 1. The van der Waals surface area contributed by atoms with Crippen molar-refractivity contribution in [3.8, 4) is 0 Å². The Kier molecular flexibility index (Phi) is 48.8. The number of carbonyl (C=O) groups excluding carboxylic acids is 11. The van der Waals surface area contributed by atoms with Gasteiger partial charge in [-0.05, 0) is 82.0 Å². The number of nitrogens with one attached hydrogen (secondary N) is 13. The van der Waals surface area contributed by atoms with Crippen molar-refractivity contribution in [3.05, 3.63) is 90.1 Å². The van der Waals surface area contributed by atoms with Gasteiger partial charge in [-0.2, -0.15) is 5.01 Å². The van der Waals surface area contributed by atoms with Crippen LogP contribution in [0.5, 0.6) is 0 Å². The summed E-state index contributed by atoms with van der Waals surface area (Å²) in [6, 6.07) is 8.66. The lowest BCUT2D eigenvalue weighted by molar-refractivity contribution is -0.144. The van der Waals surface area contributed by atoms with Crippen LogP contribution in [0.3, 0.4) is 0 Å². The van der Waals surface area contributed by atoms with Crippen LogP contribution < -0.4 is 70.1 Å². The summed E-state index contributed by atoms with van der Waals surface area (Å²) in [6.45, 7) is 8.39. The molecule has 5 rings (SSSR count). The summed E-state index contributed by atoms with van der Waals surface area (Å²) in [5.74, 6) is -6.78. The van der Waals surface area contributed by atoms with E-state index in [2.05, 4.69) is 87.4 Å². The maximum atomic E-state index is 14.7. The van der Waals surface area contributed by atoms with E-state index in [0.717, 1.165) is 60.0 Å². The summed E-state index contributed by atoms with van der Waals surface area (Å²) in [4.78, 5) is 163. The van der Waals surface area contributed by atoms with Gasteiger partial charge in [-0.15, -0.1) is 0 Å². The van der Waals surface area contributed by atoms with Crippen LogP contribution in [0.2, 0.25) is 0 Å². The summed E-state index contributed by atoms with van der Waals surface area (Å²) >= 11 is 0. The molecule has 2 unspecified atom stereocenters. The molecule has 2 aromatic carbocycles. The quantitative estimate of drug-likeness (QED) is 0.0185. The second-order valence-corrected chi connectivity index (χ2v) is 30.6. The van der Waals surface area contributed by atoms with Gasteiger partial charge in [0.25, 0.3) is 11.8 Å². The predicted molar refractivity (Wildman–Crippen MR) is 444 cm³/mol. The molecule has 29 heteroatoms. The minimum Gasteiger partial charge on any atom is -0.368 e. The first-order valence-electron chi connectivity index (χ1n) is 43.0. The number of aromatic amines is 2. The molecule has 11 amide bonds. The molecule has 1 fully saturated rings. The molecule has 3 heterocycles. The Balaban J connectivity index is 1.19. The van der Waals surface area contributed by atoms with E-state index in [1.54, 1.807) is 36.5 Å². The zero-order valence-corrected chi connectivity index (χ0v) is 68.8. The predicted octanol–water partition coefficient (Wildman–Crippen LogP) is 8.35. The highest BCUT2D eigenvalue weighted by molar-refractivity contribution is 5.98. The van der Waals surface area contributed by atoms with Gasteiger partial charge in [-0.3, -0.25) is 52.7 Å².